The molecule has 0 aliphatic carbocycles. The van der Waals surface area contributed by atoms with E-state index >= 15 is 0 Å². The topological polar surface area (TPSA) is 46.9 Å². The van der Waals surface area contributed by atoms with Gasteiger partial charge in [0.2, 0.25) is 0 Å². The molecule has 0 fully saturated rings. The summed E-state index contributed by atoms with van der Waals surface area (Å²) in [6.45, 7) is 1.52. The fourth-order valence-corrected chi connectivity index (χ4v) is 2.79. The number of rotatable bonds is 3. The van der Waals surface area contributed by atoms with E-state index in [2.05, 4.69) is 10.4 Å². The average Bonchev–Trinajstić information content (AvgIpc) is 2.97. The molecular formula is C18H11ClF5N3O. The highest BCUT2D eigenvalue weighted by atomic mass is 35.5. The van der Waals surface area contributed by atoms with Gasteiger partial charge in [-0.3, -0.25) is 4.79 Å². The van der Waals surface area contributed by atoms with Crippen molar-refractivity contribution in [3.8, 4) is 5.69 Å². The predicted molar refractivity (Wildman–Crippen MR) is 92.6 cm³/mol. The number of carbonyl (C=O) groups is 1. The normalized spacial score (nSPS) is 11.5. The first-order valence-corrected chi connectivity index (χ1v) is 8.15. The van der Waals surface area contributed by atoms with Crippen LogP contribution < -0.4 is 5.32 Å². The van der Waals surface area contributed by atoms with Gasteiger partial charge in [-0.1, -0.05) is 23.7 Å². The zero-order valence-corrected chi connectivity index (χ0v) is 14.9. The molecule has 4 nitrogen and oxygen atoms in total. The summed E-state index contributed by atoms with van der Waals surface area (Å²) in [5.74, 6) is -3.56. The number of aryl methyl sites for hydroxylation is 1. The minimum Gasteiger partial charge on any atom is -0.306 e. The number of carbonyl (C=O) groups excluding carboxylic acids is 1. The third-order valence-electron chi connectivity index (χ3n) is 3.77. The Bertz CT molecular complexity index is 1060. The van der Waals surface area contributed by atoms with Gasteiger partial charge in [-0.25, -0.2) is 13.5 Å². The van der Waals surface area contributed by atoms with Crippen LogP contribution in [0.3, 0.4) is 0 Å². The van der Waals surface area contributed by atoms with Crippen molar-refractivity contribution in [3.63, 3.8) is 0 Å². The van der Waals surface area contributed by atoms with Crippen LogP contribution in [0.25, 0.3) is 5.69 Å². The maximum absolute atomic E-state index is 13.4. The molecule has 3 aromatic rings. The van der Waals surface area contributed by atoms with Crippen LogP contribution in [0, 0.1) is 18.6 Å². The highest BCUT2D eigenvalue weighted by Gasteiger charge is 2.34. The van der Waals surface area contributed by atoms with Gasteiger partial charge in [0.25, 0.3) is 5.91 Å². The monoisotopic (exact) mass is 415 g/mol. The van der Waals surface area contributed by atoms with Gasteiger partial charge in [0.15, 0.2) is 11.6 Å². The lowest BCUT2D eigenvalue weighted by Crippen LogP contribution is -2.18. The van der Waals surface area contributed by atoms with E-state index in [1.807, 2.05) is 0 Å². The Morgan fingerprint density at radius 1 is 1.11 bits per heavy atom. The minimum absolute atomic E-state index is 0.0972. The van der Waals surface area contributed by atoms with E-state index in [1.54, 1.807) is 0 Å². The van der Waals surface area contributed by atoms with Crippen LogP contribution in [-0.2, 0) is 6.18 Å². The molecule has 0 spiro atoms. The van der Waals surface area contributed by atoms with Crippen LogP contribution in [0.5, 0.6) is 0 Å². The van der Waals surface area contributed by atoms with E-state index in [-0.39, 0.29) is 22.1 Å². The quantitative estimate of drug-likeness (QED) is 0.461. The summed E-state index contributed by atoms with van der Waals surface area (Å²) in [6.07, 6.45) is -4.65. The van der Waals surface area contributed by atoms with Crippen molar-refractivity contribution in [1.29, 1.82) is 0 Å². The van der Waals surface area contributed by atoms with Crippen molar-refractivity contribution in [3.05, 3.63) is 75.9 Å². The molecule has 28 heavy (non-hydrogen) atoms. The van der Waals surface area contributed by atoms with Gasteiger partial charge in [-0.15, -0.1) is 0 Å². The number of nitrogens with zero attached hydrogens (tertiary/aromatic N) is 2. The zero-order chi connectivity index (χ0) is 20.6. The summed E-state index contributed by atoms with van der Waals surface area (Å²) in [5.41, 5.74) is -1.33. The van der Waals surface area contributed by atoms with Crippen LogP contribution in [0.1, 0.15) is 21.6 Å². The van der Waals surface area contributed by atoms with Crippen molar-refractivity contribution < 1.29 is 26.7 Å². The molecule has 2 aromatic carbocycles. The average molecular weight is 416 g/mol. The molecule has 0 saturated heterocycles. The number of benzene rings is 2. The Kier molecular flexibility index (Phi) is 5.12. The molecule has 146 valence electrons. The van der Waals surface area contributed by atoms with Gasteiger partial charge in [0.05, 0.1) is 27.5 Å². The molecule has 3 rings (SSSR count). The second kappa shape index (κ2) is 7.23. The fourth-order valence-electron chi connectivity index (χ4n) is 2.55. The lowest BCUT2D eigenvalue weighted by atomic mass is 10.1. The molecule has 0 saturated carbocycles. The van der Waals surface area contributed by atoms with E-state index in [1.165, 1.54) is 31.2 Å². The first-order valence-electron chi connectivity index (χ1n) is 7.77. The summed E-state index contributed by atoms with van der Waals surface area (Å²) in [6, 6.07) is 7.25. The van der Waals surface area contributed by atoms with Gasteiger partial charge in [0.1, 0.15) is 5.82 Å². The van der Waals surface area contributed by atoms with Crippen molar-refractivity contribution in [2.75, 3.05) is 5.32 Å². The number of nitrogens with one attached hydrogen (secondary N) is 1. The van der Waals surface area contributed by atoms with Gasteiger partial charge in [-0.2, -0.15) is 18.3 Å². The molecule has 1 aromatic heterocycles. The van der Waals surface area contributed by atoms with Gasteiger partial charge >= 0.3 is 6.18 Å². The number of hydrogen-bond donors (Lipinski definition) is 1. The zero-order valence-electron chi connectivity index (χ0n) is 14.1. The number of para-hydroxylation sites is 1. The number of anilines is 1. The van der Waals surface area contributed by atoms with Crippen molar-refractivity contribution in [2.24, 2.45) is 0 Å². The number of halogens is 6. The van der Waals surface area contributed by atoms with E-state index < -0.39 is 29.3 Å². The molecule has 1 heterocycles. The highest BCUT2D eigenvalue weighted by molar-refractivity contribution is 6.34. The lowest BCUT2D eigenvalue weighted by Gasteiger charge is -2.15. The van der Waals surface area contributed by atoms with Crippen LogP contribution in [-0.4, -0.2) is 15.7 Å². The molecular weight excluding hydrogens is 405 g/mol. The first-order chi connectivity index (χ1) is 13.1. The van der Waals surface area contributed by atoms with Crippen LogP contribution >= 0.6 is 11.6 Å². The lowest BCUT2D eigenvalue weighted by molar-refractivity contribution is -0.137. The van der Waals surface area contributed by atoms with Crippen LogP contribution in [0.2, 0.25) is 5.02 Å². The summed E-state index contributed by atoms with van der Waals surface area (Å²) < 4.78 is 67.5. The SMILES string of the molecule is Cc1cc(NC(=O)c2cc(F)c(F)cc2Cl)n(-c2ccccc2C(F)(F)F)n1. The fraction of sp³-hybridized carbons (Fsp3) is 0.111. The molecule has 10 heteroatoms. The van der Waals surface area contributed by atoms with E-state index in [9.17, 15) is 26.7 Å². The Morgan fingerprint density at radius 3 is 2.43 bits per heavy atom. The Hall–Kier alpha value is -2.94. The van der Waals surface area contributed by atoms with Crippen molar-refractivity contribution in [2.45, 2.75) is 13.1 Å². The van der Waals surface area contributed by atoms with Gasteiger partial charge in [-0.05, 0) is 31.2 Å². The van der Waals surface area contributed by atoms with Crippen LogP contribution in [0.4, 0.5) is 27.8 Å². The molecule has 0 atom stereocenters. The van der Waals surface area contributed by atoms with Crippen molar-refractivity contribution in [1.82, 2.24) is 9.78 Å². The Balaban J connectivity index is 2.04. The largest absolute Gasteiger partial charge is 0.418 e. The maximum atomic E-state index is 13.4. The summed E-state index contributed by atoms with van der Waals surface area (Å²) in [7, 11) is 0. The summed E-state index contributed by atoms with van der Waals surface area (Å²) >= 11 is 5.77. The molecule has 0 aliphatic heterocycles. The predicted octanol–water partition coefficient (Wildman–Crippen LogP) is 5.38. The van der Waals surface area contributed by atoms with E-state index in [4.69, 9.17) is 11.6 Å². The number of aromatic nitrogens is 2. The molecule has 0 aliphatic rings. The number of amides is 1. The standard InChI is InChI=1S/C18H11ClF5N3O/c1-9-6-16(25-17(28)10-7-13(20)14(21)8-12(10)19)27(26-9)15-5-3-2-4-11(15)18(22,23)24/h2-8H,1H3,(H,25,28). The molecule has 1 amide bonds. The van der Waals surface area contributed by atoms with Gasteiger partial charge < -0.3 is 5.32 Å². The Morgan fingerprint density at radius 2 is 1.75 bits per heavy atom. The van der Waals surface area contributed by atoms with E-state index in [0.717, 1.165) is 10.7 Å². The second-order valence-corrected chi connectivity index (χ2v) is 6.21. The van der Waals surface area contributed by atoms with Gasteiger partial charge in [0, 0.05) is 6.07 Å². The summed E-state index contributed by atoms with van der Waals surface area (Å²) in [5, 5.41) is 5.97. The highest BCUT2D eigenvalue weighted by Crippen LogP contribution is 2.35. The summed E-state index contributed by atoms with van der Waals surface area (Å²) in [4.78, 5) is 12.4. The smallest absolute Gasteiger partial charge is 0.306 e. The van der Waals surface area contributed by atoms with Crippen molar-refractivity contribution >= 4 is 23.3 Å². The molecule has 0 radical (unpaired) electrons. The number of hydrogen-bond acceptors (Lipinski definition) is 2. The number of alkyl halides is 3. The molecule has 1 N–H and O–H groups in total. The first kappa shape index (κ1) is 19.8. The maximum Gasteiger partial charge on any atom is 0.418 e. The van der Waals surface area contributed by atoms with Crippen LogP contribution in [0.15, 0.2) is 42.5 Å². The second-order valence-electron chi connectivity index (χ2n) is 5.80. The minimum atomic E-state index is -4.65. The molecule has 0 unspecified atom stereocenters. The molecule has 0 bridgehead atoms. The third-order valence-corrected chi connectivity index (χ3v) is 4.08. The Labute approximate surface area is 160 Å². The van der Waals surface area contributed by atoms with E-state index in [0.29, 0.717) is 17.8 Å². The third kappa shape index (κ3) is 3.84.